The smallest absolute Gasteiger partial charge is 0.308 e. The Bertz CT molecular complexity index is 834. The van der Waals surface area contributed by atoms with Crippen LogP contribution in [0.4, 0.5) is 4.79 Å². The standard InChI is InChI=1S/C20H25N5O2/c1-5-11-23-18(26)16-17(22(4)20(23)27)21-19-24(16)12-13(2)25(19)14(3)15-9-7-6-8-10-15/h6-10,12,14,16-17H,5,11H2,1-4H3. The Kier molecular flexibility index (Phi) is 4.17. The fraction of sp³-hybridized carbons (Fsp3) is 0.450. The molecule has 0 aromatic heterocycles. The lowest BCUT2D eigenvalue weighted by Gasteiger charge is -2.40. The Labute approximate surface area is 159 Å². The van der Waals surface area contributed by atoms with E-state index in [1.54, 1.807) is 11.9 Å². The molecule has 27 heavy (non-hydrogen) atoms. The van der Waals surface area contributed by atoms with Crippen molar-refractivity contribution in [3.05, 3.63) is 47.8 Å². The molecule has 0 aliphatic carbocycles. The van der Waals surface area contributed by atoms with Gasteiger partial charge in [0.2, 0.25) is 5.96 Å². The lowest BCUT2D eigenvalue weighted by atomic mass is 10.1. The van der Waals surface area contributed by atoms with Gasteiger partial charge in [-0.15, -0.1) is 0 Å². The summed E-state index contributed by atoms with van der Waals surface area (Å²) in [4.78, 5) is 37.5. The van der Waals surface area contributed by atoms with Gasteiger partial charge in [-0.05, 0) is 25.8 Å². The predicted molar refractivity (Wildman–Crippen MR) is 102 cm³/mol. The molecule has 142 valence electrons. The van der Waals surface area contributed by atoms with Gasteiger partial charge in [-0.3, -0.25) is 9.69 Å². The highest BCUT2D eigenvalue weighted by Crippen LogP contribution is 2.38. The highest BCUT2D eigenvalue weighted by Gasteiger charge is 2.54. The van der Waals surface area contributed by atoms with Crippen molar-refractivity contribution in [1.29, 1.82) is 0 Å². The molecule has 0 bridgehead atoms. The van der Waals surface area contributed by atoms with E-state index >= 15 is 0 Å². The number of imide groups is 1. The third-order valence-electron chi connectivity index (χ3n) is 5.55. The minimum Gasteiger partial charge on any atom is -0.308 e. The second-order valence-corrected chi connectivity index (χ2v) is 7.31. The van der Waals surface area contributed by atoms with Crippen molar-refractivity contribution in [3.8, 4) is 0 Å². The molecule has 0 radical (unpaired) electrons. The number of hydrogen-bond donors (Lipinski definition) is 0. The molecule has 7 heteroatoms. The molecule has 0 spiro atoms. The predicted octanol–water partition coefficient (Wildman–Crippen LogP) is 2.59. The molecule has 1 saturated heterocycles. The van der Waals surface area contributed by atoms with Crippen LogP contribution >= 0.6 is 0 Å². The molecule has 3 unspecified atom stereocenters. The Morgan fingerprint density at radius 2 is 1.89 bits per heavy atom. The third-order valence-corrected chi connectivity index (χ3v) is 5.55. The van der Waals surface area contributed by atoms with Crippen molar-refractivity contribution >= 4 is 17.9 Å². The summed E-state index contributed by atoms with van der Waals surface area (Å²) in [5.74, 6) is 0.576. The van der Waals surface area contributed by atoms with Crippen LogP contribution in [0.2, 0.25) is 0 Å². The number of allylic oxidation sites excluding steroid dienone is 1. The quantitative estimate of drug-likeness (QED) is 0.821. The van der Waals surface area contributed by atoms with Gasteiger partial charge in [-0.1, -0.05) is 37.3 Å². The second kappa shape index (κ2) is 6.40. The third kappa shape index (κ3) is 2.52. The maximum absolute atomic E-state index is 13.1. The van der Waals surface area contributed by atoms with Crippen molar-refractivity contribution in [1.82, 2.24) is 19.6 Å². The molecule has 0 N–H and O–H groups in total. The molecule has 7 nitrogen and oxygen atoms in total. The Balaban J connectivity index is 1.69. The number of urea groups is 1. The molecular weight excluding hydrogens is 342 g/mol. The Morgan fingerprint density at radius 3 is 2.56 bits per heavy atom. The van der Waals surface area contributed by atoms with E-state index < -0.39 is 12.2 Å². The van der Waals surface area contributed by atoms with Crippen molar-refractivity contribution < 1.29 is 9.59 Å². The van der Waals surface area contributed by atoms with Crippen molar-refractivity contribution in [2.75, 3.05) is 13.6 Å². The zero-order valence-corrected chi connectivity index (χ0v) is 16.2. The highest BCUT2D eigenvalue weighted by atomic mass is 16.2. The summed E-state index contributed by atoms with van der Waals surface area (Å²) in [6.45, 7) is 6.55. The van der Waals surface area contributed by atoms with Crippen LogP contribution in [0.5, 0.6) is 0 Å². The molecule has 0 saturated carbocycles. The maximum Gasteiger partial charge on any atom is 0.328 e. The molecule has 3 amide bonds. The Hall–Kier alpha value is -2.83. The van der Waals surface area contributed by atoms with E-state index in [-0.39, 0.29) is 18.0 Å². The van der Waals surface area contributed by atoms with Crippen LogP contribution in [0, 0.1) is 0 Å². The van der Waals surface area contributed by atoms with Crippen LogP contribution in [0.3, 0.4) is 0 Å². The molecule has 3 aliphatic rings. The normalized spacial score (nSPS) is 25.5. The summed E-state index contributed by atoms with van der Waals surface area (Å²) in [7, 11) is 1.73. The van der Waals surface area contributed by atoms with Crippen molar-refractivity contribution in [2.45, 2.75) is 45.4 Å². The SMILES string of the molecule is CCCN1C(=O)C2C(N=C3N2C=C(C)N3C(C)c2ccccc2)N(C)C1=O. The molecule has 1 aromatic carbocycles. The maximum atomic E-state index is 13.1. The second-order valence-electron chi connectivity index (χ2n) is 7.31. The summed E-state index contributed by atoms with van der Waals surface area (Å²) in [6, 6.07) is 9.54. The summed E-state index contributed by atoms with van der Waals surface area (Å²) in [6.07, 6.45) is 2.24. The molecular formula is C20H25N5O2. The number of amides is 3. The minimum absolute atomic E-state index is 0.0780. The molecule has 3 aliphatic heterocycles. The average molecular weight is 367 g/mol. The first kappa shape index (κ1) is 17.6. The zero-order valence-electron chi connectivity index (χ0n) is 16.2. The summed E-state index contributed by atoms with van der Waals surface area (Å²) >= 11 is 0. The van der Waals surface area contributed by atoms with Crippen LogP contribution in [0.15, 0.2) is 47.2 Å². The summed E-state index contributed by atoms with van der Waals surface area (Å²) in [5.41, 5.74) is 2.21. The lowest BCUT2D eigenvalue weighted by Crippen LogP contribution is -2.64. The topological polar surface area (TPSA) is 59.5 Å². The number of benzene rings is 1. The molecule has 1 aromatic rings. The fourth-order valence-electron chi connectivity index (χ4n) is 4.16. The number of carbonyl (C=O) groups is 2. The largest absolute Gasteiger partial charge is 0.328 e. The number of nitrogens with zero attached hydrogens (tertiary/aromatic N) is 5. The molecule has 3 atom stereocenters. The monoisotopic (exact) mass is 367 g/mol. The summed E-state index contributed by atoms with van der Waals surface area (Å²) < 4.78 is 0. The van der Waals surface area contributed by atoms with Crippen molar-refractivity contribution in [2.24, 2.45) is 4.99 Å². The van der Waals surface area contributed by atoms with Crippen LogP contribution < -0.4 is 0 Å². The van der Waals surface area contributed by atoms with Gasteiger partial charge < -0.3 is 14.7 Å². The van der Waals surface area contributed by atoms with Crippen LogP contribution in [-0.4, -0.2) is 63.3 Å². The van der Waals surface area contributed by atoms with Gasteiger partial charge >= 0.3 is 6.03 Å². The van der Waals surface area contributed by atoms with E-state index in [1.165, 1.54) is 10.5 Å². The molecule has 1 fully saturated rings. The van der Waals surface area contributed by atoms with E-state index in [0.717, 1.165) is 18.1 Å². The number of rotatable bonds is 4. The van der Waals surface area contributed by atoms with E-state index in [2.05, 4.69) is 24.0 Å². The van der Waals surface area contributed by atoms with Gasteiger partial charge in [0.15, 0.2) is 12.2 Å². The first-order valence-electron chi connectivity index (χ1n) is 9.42. The number of guanidine groups is 1. The molecule has 3 heterocycles. The van der Waals surface area contributed by atoms with Gasteiger partial charge in [-0.25, -0.2) is 9.79 Å². The highest BCUT2D eigenvalue weighted by molar-refractivity contribution is 6.04. The number of hydrogen-bond acceptors (Lipinski definition) is 5. The number of fused-ring (bicyclic) bond motifs is 3. The van der Waals surface area contributed by atoms with Gasteiger partial charge in [0.05, 0.1) is 6.04 Å². The van der Waals surface area contributed by atoms with Gasteiger partial charge in [-0.2, -0.15) is 0 Å². The van der Waals surface area contributed by atoms with Crippen molar-refractivity contribution in [3.63, 3.8) is 0 Å². The average Bonchev–Trinajstić information content (AvgIpc) is 3.18. The van der Waals surface area contributed by atoms with Crippen LogP contribution in [0.1, 0.15) is 38.8 Å². The zero-order chi connectivity index (χ0) is 19.3. The van der Waals surface area contributed by atoms with Gasteiger partial charge in [0, 0.05) is 25.5 Å². The lowest BCUT2D eigenvalue weighted by molar-refractivity contribution is -0.136. The number of likely N-dealkylation sites (N-methyl/N-ethyl adjacent to an activating group) is 1. The Morgan fingerprint density at radius 1 is 1.19 bits per heavy atom. The van der Waals surface area contributed by atoms with Gasteiger partial charge in [0.1, 0.15) is 0 Å². The number of carbonyl (C=O) groups excluding carboxylic acids is 2. The molecule has 4 rings (SSSR count). The fourth-order valence-corrected chi connectivity index (χ4v) is 4.16. The number of aliphatic imine (C=N–C) groups is 1. The first-order valence-corrected chi connectivity index (χ1v) is 9.42. The van der Waals surface area contributed by atoms with E-state index in [1.807, 2.05) is 43.1 Å². The van der Waals surface area contributed by atoms with E-state index in [4.69, 9.17) is 4.99 Å². The van der Waals surface area contributed by atoms with Crippen LogP contribution in [-0.2, 0) is 4.79 Å². The van der Waals surface area contributed by atoms with E-state index in [9.17, 15) is 9.59 Å². The van der Waals surface area contributed by atoms with Gasteiger partial charge in [0.25, 0.3) is 5.91 Å². The van der Waals surface area contributed by atoms with Crippen LogP contribution in [0.25, 0.3) is 0 Å². The minimum atomic E-state index is -0.489. The summed E-state index contributed by atoms with van der Waals surface area (Å²) in [5, 5.41) is 0. The van der Waals surface area contributed by atoms with E-state index in [0.29, 0.717) is 6.54 Å². The first-order chi connectivity index (χ1) is 13.0.